The number of hydrogen-bond donors (Lipinski definition) is 1. The van der Waals surface area contributed by atoms with Gasteiger partial charge in [0.25, 0.3) is 0 Å². The van der Waals surface area contributed by atoms with Crippen LogP contribution in [0.15, 0.2) is 60.7 Å². The van der Waals surface area contributed by atoms with E-state index in [0.717, 1.165) is 50.7 Å². The van der Waals surface area contributed by atoms with Crippen molar-refractivity contribution in [2.45, 2.75) is 66.8 Å². The van der Waals surface area contributed by atoms with Gasteiger partial charge in [-0.15, -0.1) is 0 Å². The number of aldehydes is 1. The van der Waals surface area contributed by atoms with E-state index < -0.39 is 0 Å². The van der Waals surface area contributed by atoms with E-state index in [1.165, 1.54) is 17.5 Å². The molecule has 0 aliphatic heterocycles. The van der Waals surface area contributed by atoms with Gasteiger partial charge in [-0.05, 0) is 55.3 Å². The van der Waals surface area contributed by atoms with Crippen molar-refractivity contribution in [1.82, 2.24) is 4.90 Å². The number of nitrogens with zero attached hydrogens (tertiary/aromatic N) is 1. The fraction of sp³-hybridized carbons (Fsp3) is 0.483. The molecule has 1 N–H and O–H groups in total. The Morgan fingerprint density at radius 2 is 1.62 bits per heavy atom. The van der Waals surface area contributed by atoms with Crippen LogP contribution in [0.2, 0.25) is 0 Å². The zero-order chi connectivity index (χ0) is 23.8. The molecule has 0 spiro atoms. The van der Waals surface area contributed by atoms with E-state index in [9.17, 15) is 9.90 Å². The first kappa shape index (κ1) is 27.6. The molecule has 2 aromatic carbocycles. The van der Waals surface area contributed by atoms with E-state index in [-0.39, 0.29) is 5.92 Å². The SMILES string of the molecule is CC/C=C(/O)c1ccc(CC(C)CN(CCC)Cc2ccccc2)cc1.CCC(C)C=O. The zero-order valence-electron chi connectivity index (χ0n) is 20.8. The van der Waals surface area contributed by atoms with Crippen molar-refractivity contribution in [1.29, 1.82) is 0 Å². The normalized spacial score (nSPS) is 13.2. The molecular formula is C29H43NO2. The minimum absolute atomic E-state index is 0.255. The van der Waals surface area contributed by atoms with Crippen LogP contribution in [-0.4, -0.2) is 29.4 Å². The maximum absolute atomic E-state index is 9.97. The zero-order valence-corrected chi connectivity index (χ0v) is 20.8. The molecule has 0 saturated heterocycles. The van der Waals surface area contributed by atoms with Crippen LogP contribution in [0.4, 0.5) is 0 Å². The number of hydrogen-bond acceptors (Lipinski definition) is 3. The van der Waals surface area contributed by atoms with Crippen molar-refractivity contribution in [3.05, 3.63) is 77.4 Å². The third-order valence-corrected chi connectivity index (χ3v) is 5.47. The van der Waals surface area contributed by atoms with Crippen molar-refractivity contribution in [2.75, 3.05) is 13.1 Å². The Kier molecular flexibility index (Phi) is 14.1. The highest BCUT2D eigenvalue weighted by Gasteiger charge is 2.11. The van der Waals surface area contributed by atoms with E-state index in [1.54, 1.807) is 0 Å². The number of aliphatic hydroxyl groups is 1. The lowest BCUT2D eigenvalue weighted by Crippen LogP contribution is -2.29. The summed E-state index contributed by atoms with van der Waals surface area (Å²) in [4.78, 5) is 12.3. The van der Waals surface area contributed by atoms with E-state index in [4.69, 9.17) is 0 Å². The number of rotatable bonds is 12. The summed E-state index contributed by atoms with van der Waals surface area (Å²) in [6.45, 7) is 13.8. The molecule has 0 radical (unpaired) electrons. The lowest BCUT2D eigenvalue weighted by Gasteiger charge is -2.25. The molecule has 0 saturated carbocycles. The molecule has 0 fully saturated rings. The van der Waals surface area contributed by atoms with Crippen LogP contribution in [-0.2, 0) is 17.8 Å². The van der Waals surface area contributed by atoms with Crippen molar-refractivity contribution in [3.8, 4) is 0 Å². The van der Waals surface area contributed by atoms with Crippen LogP contribution in [0.1, 0.15) is 70.6 Å². The minimum Gasteiger partial charge on any atom is -0.508 e. The molecule has 32 heavy (non-hydrogen) atoms. The molecule has 0 amide bonds. The third-order valence-electron chi connectivity index (χ3n) is 5.47. The number of benzene rings is 2. The van der Waals surface area contributed by atoms with E-state index in [0.29, 0.717) is 11.7 Å². The molecular weight excluding hydrogens is 394 g/mol. The first-order valence-corrected chi connectivity index (χ1v) is 12.1. The smallest absolute Gasteiger partial charge is 0.122 e. The van der Waals surface area contributed by atoms with Gasteiger partial charge in [-0.25, -0.2) is 0 Å². The lowest BCUT2D eigenvalue weighted by atomic mass is 9.98. The largest absolute Gasteiger partial charge is 0.508 e. The molecule has 2 unspecified atom stereocenters. The lowest BCUT2D eigenvalue weighted by molar-refractivity contribution is -0.110. The fourth-order valence-electron chi connectivity index (χ4n) is 3.52. The Morgan fingerprint density at radius 1 is 0.969 bits per heavy atom. The second-order valence-electron chi connectivity index (χ2n) is 8.75. The average Bonchev–Trinajstić information content (AvgIpc) is 2.80. The Labute approximate surface area is 196 Å². The Morgan fingerprint density at radius 3 is 2.12 bits per heavy atom. The van der Waals surface area contributed by atoms with Crippen molar-refractivity contribution < 1.29 is 9.90 Å². The van der Waals surface area contributed by atoms with Crippen molar-refractivity contribution in [3.63, 3.8) is 0 Å². The average molecular weight is 438 g/mol. The number of carbonyl (C=O) groups is 1. The summed E-state index contributed by atoms with van der Waals surface area (Å²) < 4.78 is 0. The maximum Gasteiger partial charge on any atom is 0.122 e. The molecule has 176 valence electrons. The molecule has 0 heterocycles. The summed E-state index contributed by atoms with van der Waals surface area (Å²) in [5.74, 6) is 1.23. The van der Waals surface area contributed by atoms with Gasteiger partial charge in [-0.1, -0.05) is 89.2 Å². The van der Waals surface area contributed by atoms with Crippen LogP contribution in [0, 0.1) is 11.8 Å². The topological polar surface area (TPSA) is 40.5 Å². The first-order valence-electron chi connectivity index (χ1n) is 12.1. The summed E-state index contributed by atoms with van der Waals surface area (Å²) >= 11 is 0. The van der Waals surface area contributed by atoms with Gasteiger partial charge >= 0.3 is 0 Å². The molecule has 2 rings (SSSR count). The second kappa shape index (κ2) is 16.3. The molecule has 0 aliphatic rings. The summed E-state index contributed by atoms with van der Waals surface area (Å²) in [6.07, 6.45) is 6.87. The Balaban J connectivity index is 0.000000751. The Hall–Kier alpha value is -2.39. The molecule has 2 aromatic rings. The van der Waals surface area contributed by atoms with E-state index in [2.05, 4.69) is 61.2 Å². The van der Waals surface area contributed by atoms with Gasteiger partial charge in [-0.3, -0.25) is 4.90 Å². The summed E-state index contributed by atoms with van der Waals surface area (Å²) in [7, 11) is 0. The fourth-order valence-corrected chi connectivity index (χ4v) is 3.52. The number of carbonyl (C=O) groups excluding carboxylic acids is 1. The van der Waals surface area contributed by atoms with Crippen molar-refractivity contribution in [2.24, 2.45) is 11.8 Å². The summed E-state index contributed by atoms with van der Waals surface area (Å²) in [5, 5.41) is 9.97. The van der Waals surface area contributed by atoms with Crippen LogP contribution in [0.5, 0.6) is 0 Å². The highest BCUT2D eigenvalue weighted by Crippen LogP contribution is 2.17. The maximum atomic E-state index is 9.97. The van der Waals surface area contributed by atoms with Crippen molar-refractivity contribution >= 4 is 12.0 Å². The molecule has 3 heteroatoms. The number of aliphatic hydroxyl groups excluding tert-OH is 1. The standard InChI is InChI=1S/C24H33NO.C5H10O/c1-4-9-24(26)23-14-12-21(13-15-23)17-20(3)18-25(16-5-2)19-22-10-7-6-8-11-22;1-3-5(2)4-6/h6-15,20,26H,4-5,16-19H2,1-3H3;4-5H,3H2,1-2H3/b24-9+;. The van der Waals surface area contributed by atoms with Gasteiger partial charge in [0.2, 0.25) is 0 Å². The molecule has 0 aromatic heterocycles. The van der Waals surface area contributed by atoms with Gasteiger partial charge in [0.05, 0.1) is 0 Å². The molecule has 0 aliphatic carbocycles. The van der Waals surface area contributed by atoms with Gasteiger partial charge in [0, 0.05) is 24.6 Å². The van der Waals surface area contributed by atoms with Crippen LogP contribution >= 0.6 is 0 Å². The summed E-state index contributed by atoms with van der Waals surface area (Å²) in [5.41, 5.74) is 3.62. The van der Waals surface area contributed by atoms with E-state index in [1.807, 2.05) is 39.0 Å². The highest BCUT2D eigenvalue weighted by atomic mass is 16.3. The van der Waals surface area contributed by atoms with Crippen LogP contribution in [0.25, 0.3) is 5.76 Å². The summed E-state index contributed by atoms with van der Waals surface area (Å²) in [6, 6.07) is 19.1. The Bertz CT molecular complexity index is 768. The molecule has 2 atom stereocenters. The predicted molar refractivity (Wildman–Crippen MR) is 138 cm³/mol. The number of allylic oxidation sites excluding steroid dienone is 1. The quantitative estimate of drug-likeness (QED) is 0.279. The highest BCUT2D eigenvalue weighted by molar-refractivity contribution is 5.58. The monoisotopic (exact) mass is 437 g/mol. The molecule has 0 bridgehead atoms. The van der Waals surface area contributed by atoms with Crippen LogP contribution < -0.4 is 0 Å². The van der Waals surface area contributed by atoms with Gasteiger partial charge < -0.3 is 9.90 Å². The first-order chi connectivity index (χ1) is 15.4. The third kappa shape index (κ3) is 11.3. The van der Waals surface area contributed by atoms with Gasteiger partial charge in [0.15, 0.2) is 0 Å². The van der Waals surface area contributed by atoms with Crippen LogP contribution in [0.3, 0.4) is 0 Å². The molecule has 3 nitrogen and oxygen atoms in total. The predicted octanol–water partition coefficient (Wildman–Crippen LogP) is 7.32. The second-order valence-corrected chi connectivity index (χ2v) is 8.75. The van der Waals surface area contributed by atoms with Gasteiger partial charge in [-0.2, -0.15) is 0 Å². The van der Waals surface area contributed by atoms with Gasteiger partial charge in [0.1, 0.15) is 12.0 Å². The minimum atomic E-state index is 0.255. The van der Waals surface area contributed by atoms with E-state index >= 15 is 0 Å².